The predicted octanol–water partition coefficient (Wildman–Crippen LogP) is 6.51. The Morgan fingerprint density at radius 3 is 2.88 bits per heavy atom. The zero-order valence-corrected chi connectivity index (χ0v) is 16.4. The number of benzene rings is 2. The van der Waals surface area contributed by atoms with E-state index in [1.54, 1.807) is 6.20 Å². The smallest absolute Gasteiger partial charge is 0.136 e. The highest BCUT2D eigenvalue weighted by molar-refractivity contribution is 9.10. The van der Waals surface area contributed by atoms with Crippen LogP contribution in [0.5, 0.6) is 0 Å². The molecule has 1 N–H and O–H groups in total. The zero-order chi connectivity index (χ0) is 17.8. The van der Waals surface area contributed by atoms with E-state index in [1.807, 2.05) is 54.8 Å². The molecule has 0 saturated heterocycles. The van der Waals surface area contributed by atoms with Gasteiger partial charge in [-0.25, -0.2) is 4.98 Å². The van der Waals surface area contributed by atoms with E-state index in [4.69, 9.17) is 11.6 Å². The van der Waals surface area contributed by atoms with Gasteiger partial charge >= 0.3 is 0 Å². The molecule has 3 nitrogen and oxygen atoms in total. The molecule has 0 aliphatic heterocycles. The van der Waals surface area contributed by atoms with Gasteiger partial charge in [-0.2, -0.15) is 5.26 Å². The lowest BCUT2D eigenvalue weighted by molar-refractivity contribution is 1.36. The van der Waals surface area contributed by atoms with E-state index >= 15 is 0 Å². The maximum atomic E-state index is 9.45. The van der Waals surface area contributed by atoms with Gasteiger partial charge in [0.05, 0.1) is 5.69 Å². The third-order valence-corrected chi connectivity index (χ3v) is 5.31. The summed E-state index contributed by atoms with van der Waals surface area (Å²) < 4.78 is 0.994. The lowest BCUT2D eigenvalue weighted by atomic mass is 10.2. The first-order valence-corrected chi connectivity index (χ1v) is 9.46. The summed E-state index contributed by atoms with van der Waals surface area (Å²) in [6, 6.07) is 15.8. The monoisotopic (exact) mass is 429 g/mol. The SMILES string of the molecule is Cc1ccc(NC=C(C#N)c2nc(-c3cccc(Br)c3)cs2)cc1Cl. The second-order valence-corrected chi connectivity index (χ2v) is 7.51. The van der Waals surface area contributed by atoms with E-state index in [0.29, 0.717) is 15.6 Å². The second-order valence-electron chi connectivity index (χ2n) is 5.33. The van der Waals surface area contributed by atoms with Crippen LogP contribution in [-0.4, -0.2) is 4.98 Å². The van der Waals surface area contributed by atoms with Crippen LogP contribution in [0.15, 0.2) is 58.5 Å². The minimum atomic E-state index is 0.475. The summed E-state index contributed by atoms with van der Waals surface area (Å²) in [5, 5.41) is 15.9. The van der Waals surface area contributed by atoms with Crippen LogP contribution in [0.1, 0.15) is 10.6 Å². The Morgan fingerprint density at radius 1 is 1.32 bits per heavy atom. The van der Waals surface area contributed by atoms with Crippen LogP contribution < -0.4 is 5.32 Å². The van der Waals surface area contributed by atoms with Gasteiger partial charge in [0.2, 0.25) is 0 Å². The topological polar surface area (TPSA) is 48.7 Å². The Balaban J connectivity index is 1.84. The van der Waals surface area contributed by atoms with Crippen molar-refractivity contribution in [3.05, 3.63) is 74.1 Å². The number of anilines is 1. The number of hydrogen-bond donors (Lipinski definition) is 1. The van der Waals surface area contributed by atoms with Gasteiger partial charge in [-0.05, 0) is 36.8 Å². The summed E-state index contributed by atoms with van der Waals surface area (Å²) in [5.41, 5.74) is 4.17. The first kappa shape index (κ1) is 17.7. The Bertz CT molecular complexity index is 988. The first-order valence-electron chi connectivity index (χ1n) is 7.41. The van der Waals surface area contributed by atoms with Crippen molar-refractivity contribution in [3.63, 3.8) is 0 Å². The summed E-state index contributed by atoms with van der Waals surface area (Å²) >= 11 is 11.0. The van der Waals surface area contributed by atoms with Crippen molar-refractivity contribution in [2.75, 3.05) is 5.32 Å². The van der Waals surface area contributed by atoms with Gasteiger partial charge in [0.15, 0.2) is 0 Å². The summed E-state index contributed by atoms with van der Waals surface area (Å²) in [6.07, 6.45) is 1.66. The molecule has 3 aromatic rings. The van der Waals surface area contributed by atoms with E-state index < -0.39 is 0 Å². The van der Waals surface area contributed by atoms with Crippen LogP contribution >= 0.6 is 38.9 Å². The molecule has 0 amide bonds. The normalized spacial score (nSPS) is 11.2. The highest BCUT2D eigenvalue weighted by atomic mass is 79.9. The minimum Gasteiger partial charge on any atom is -0.360 e. The molecule has 0 atom stereocenters. The van der Waals surface area contributed by atoms with Crippen LogP contribution in [0.25, 0.3) is 16.8 Å². The van der Waals surface area contributed by atoms with Crippen LogP contribution in [0.3, 0.4) is 0 Å². The highest BCUT2D eigenvalue weighted by Crippen LogP contribution is 2.28. The summed E-state index contributed by atoms with van der Waals surface area (Å²) in [5.74, 6) is 0. The molecule has 1 heterocycles. The molecule has 0 aliphatic rings. The average Bonchev–Trinajstić information content (AvgIpc) is 3.08. The number of nitriles is 1. The van der Waals surface area contributed by atoms with Crippen molar-refractivity contribution in [2.45, 2.75) is 6.92 Å². The number of nitrogens with zero attached hydrogens (tertiary/aromatic N) is 2. The number of nitrogens with one attached hydrogen (secondary N) is 1. The molecule has 25 heavy (non-hydrogen) atoms. The van der Waals surface area contributed by atoms with Gasteiger partial charge in [-0.1, -0.05) is 45.7 Å². The molecular weight excluding hydrogens is 418 g/mol. The molecule has 124 valence electrons. The second kappa shape index (κ2) is 7.83. The standard InChI is InChI=1S/C19H13BrClN3S/c1-12-5-6-16(8-17(12)21)23-10-14(9-22)19-24-18(11-25-19)13-3-2-4-15(20)7-13/h2-8,10-11,23H,1H3. The third-order valence-electron chi connectivity index (χ3n) is 3.53. The Labute approximate surface area is 163 Å². The number of allylic oxidation sites excluding steroid dienone is 1. The quantitative estimate of drug-likeness (QED) is 0.480. The fraction of sp³-hybridized carbons (Fsp3) is 0.0526. The van der Waals surface area contributed by atoms with Crippen molar-refractivity contribution >= 4 is 50.1 Å². The van der Waals surface area contributed by atoms with Gasteiger partial charge in [0.25, 0.3) is 0 Å². The van der Waals surface area contributed by atoms with Crippen LogP contribution in [0, 0.1) is 18.3 Å². The molecule has 0 aliphatic carbocycles. The molecule has 0 unspecified atom stereocenters. The Morgan fingerprint density at radius 2 is 2.16 bits per heavy atom. The molecule has 3 rings (SSSR count). The Kier molecular flexibility index (Phi) is 5.54. The molecule has 0 radical (unpaired) electrons. The maximum absolute atomic E-state index is 9.45. The summed E-state index contributed by atoms with van der Waals surface area (Å²) in [4.78, 5) is 4.58. The molecule has 0 fully saturated rings. The number of halogens is 2. The largest absolute Gasteiger partial charge is 0.360 e. The molecule has 0 bridgehead atoms. The van der Waals surface area contributed by atoms with Gasteiger partial charge in [-0.3, -0.25) is 0 Å². The molecule has 6 heteroatoms. The van der Waals surface area contributed by atoms with Crippen molar-refractivity contribution in [1.82, 2.24) is 4.98 Å². The van der Waals surface area contributed by atoms with Crippen molar-refractivity contribution < 1.29 is 0 Å². The number of aromatic nitrogens is 1. The number of hydrogen-bond acceptors (Lipinski definition) is 4. The lowest BCUT2D eigenvalue weighted by Gasteiger charge is -2.04. The van der Waals surface area contributed by atoms with E-state index in [2.05, 4.69) is 32.3 Å². The molecule has 1 aromatic heterocycles. The van der Waals surface area contributed by atoms with E-state index in [1.165, 1.54) is 11.3 Å². The molecular formula is C19H13BrClN3S. The first-order chi connectivity index (χ1) is 12.1. The van der Waals surface area contributed by atoms with Gasteiger partial charge < -0.3 is 5.32 Å². The third kappa shape index (κ3) is 4.29. The van der Waals surface area contributed by atoms with Crippen LogP contribution in [0.4, 0.5) is 5.69 Å². The fourth-order valence-electron chi connectivity index (χ4n) is 2.16. The van der Waals surface area contributed by atoms with Crippen molar-refractivity contribution in [3.8, 4) is 17.3 Å². The van der Waals surface area contributed by atoms with Crippen molar-refractivity contribution in [2.24, 2.45) is 0 Å². The average molecular weight is 431 g/mol. The van der Waals surface area contributed by atoms with E-state index in [9.17, 15) is 5.26 Å². The zero-order valence-electron chi connectivity index (χ0n) is 13.3. The van der Waals surface area contributed by atoms with Crippen LogP contribution in [0.2, 0.25) is 5.02 Å². The van der Waals surface area contributed by atoms with Gasteiger partial charge in [0.1, 0.15) is 16.6 Å². The molecule has 0 saturated carbocycles. The predicted molar refractivity (Wildman–Crippen MR) is 109 cm³/mol. The lowest BCUT2D eigenvalue weighted by Crippen LogP contribution is -1.91. The Hall–Kier alpha value is -2.13. The maximum Gasteiger partial charge on any atom is 0.136 e. The highest BCUT2D eigenvalue weighted by Gasteiger charge is 2.09. The number of thiazole rings is 1. The van der Waals surface area contributed by atoms with Crippen LogP contribution in [-0.2, 0) is 0 Å². The van der Waals surface area contributed by atoms with Crippen molar-refractivity contribution in [1.29, 1.82) is 5.26 Å². The number of rotatable bonds is 4. The van der Waals surface area contributed by atoms with E-state index in [0.717, 1.165) is 27.0 Å². The molecule has 2 aromatic carbocycles. The molecule has 0 spiro atoms. The van der Waals surface area contributed by atoms with E-state index in [-0.39, 0.29) is 0 Å². The fourth-order valence-corrected chi connectivity index (χ4v) is 3.53. The van der Waals surface area contributed by atoms with Gasteiger partial charge in [-0.15, -0.1) is 11.3 Å². The van der Waals surface area contributed by atoms with Gasteiger partial charge in [0, 0.05) is 32.3 Å². The summed E-state index contributed by atoms with van der Waals surface area (Å²) in [7, 11) is 0. The number of aryl methyl sites for hydroxylation is 1. The minimum absolute atomic E-state index is 0.475. The summed E-state index contributed by atoms with van der Waals surface area (Å²) in [6.45, 7) is 1.95.